The quantitative estimate of drug-likeness (QED) is 0.0222. The summed E-state index contributed by atoms with van der Waals surface area (Å²) >= 11 is 0. The summed E-state index contributed by atoms with van der Waals surface area (Å²) in [7, 11) is -9.92. The maximum Gasteiger partial charge on any atom is 0.472 e. The summed E-state index contributed by atoms with van der Waals surface area (Å²) in [5.74, 6) is 1.01. The van der Waals surface area contributed by atoms with Gasteiger partial charge in [0.15, 0.2) is 12.2 Å². The maximum atomic E-state index is 13.1. The average molecular weight is 1450 g/mol. The van der Waals surface area contributed by atoms with Crippen molar-refractivity contribution in [2.75, 3.05) is 39.6 Å². The molecule has 5 unspecified atom stereocenters. The summed E-state index contributed by atoms with van der Waals surface area (Å²) in [4.78, 5) is 72.9. The van der Waals surface area contributed by atoms with Gasteiger partial charge in [0.2, 0.25) is 0 Å². The minimum Gasteiger partial charge on any atom is -0.462 e. The molecule has 0 aliphatic rings. The largest absolute Gasteiger partial charge is 0.472 e. The van der Waals surface area contributed by atoms with Crippen LogP contribution in [0, 0.1) is 23.7 Å². The lowest BCUT2D eigenvalue weighted by Crippen LogP contribution is -2.30. The number of aliphatic hydroxyl groups is 1. The number of hydrogen-bond donors (Lipinski definition) is 3. The van der Waals surface area contributed by atoms with Crippen molar-refractivity contribution in [1.29, 1.82) is 0 Å². The Morgan fingerprint density at radius 1 is 0.283 bits per heavy atom. The van der Waals surface area contributed by atoms with Crippen LogP contribution in [0.2, 0.25) is 0 Å². The zero-order chi connectivity index (χ0) is 73.1. The molecule has 0 amide bonds. The first-order valence-corrected chi connectivity index (χ1v) is 44.3. The number of esters is 4. The van der Waals surface area contributed by atoms with Crippen molar-refractivity contribution in [2.45, 2.75) is 427 Å². The summed E-state index contributed by atoms with van der Waals surface area (Å²) in [5.41, 5.74) is 0. The number of unbranched alkanes of at least 4 members (excludes halogenated alkanes) is 41. The molecular weight excluding hydrogens is 1290 g/mol. The zero-order valence-electron chi connectivity index (χ0n) is 65.1. The molecule has 0 bridgehead atoms. The van der Waals surface area contributed by atoms with Crippen LogP contribution in [0.4, 0.5) is 0 Å². The Balaban J connectivity index is 5.20. The molecule has 0 saturated heterocycles. The third-order valence-corrected chi connectivity index (χ3v) is 21.2. The molecule has 19 heteroatoms. The lowest BCUT2D eigenvalue weighted by Gasteiger charge is -2.21. The molecule has 7 atom stereocenters. The fourth-order valence-electron chi connectivity index (χ4n) is 12.2. The fourth-order valence-corrected chi connectivity index (χ4v) is 13.8. The number of carbonyl (C=O) groups is 4. The minimum absolute atomic E-state index is 0.106. The summed E-state index contributed by atoms with van der Waals surface area (Å²) in [5, 5.41) is 10.6. The monoisotopic (exact) mass is 1450 g/mol. The van der Waals surface area contributed by atoms with E-state index in [9.17, 15) is 43.2 Å². The Labute approximate surface area is 607 Å². The van der Waals surface area contributed by atoms with E-state index in [0.29, 0.717) is 31.6 Å². The summed E-state index contributed by atoms with van der Waals surface area (Å²) in [6, 6.07) is 0. The SMILES string of the molecule is CCC(C)CCCCCCCCCCCCCCCCCCCCC(=O)O[C@H](COC(=O)CCCCCCCCCCC(C)CC)COP(=O)(O)OCC(O)COP(=O)(O)OC[C@@H](COC(=O)CCCCCCCCCC(C)C)OC(=O)CCCCCCCCCCCCCCC(C)C. The minimum atomic E-state index is -4.96. The van der Waals surface area contributed by atoms with E-state index in [4.69, 9.17) is 37.0 Å². The second kappa shape index (κ2) is 69.1. The van der Waals surface area contributed by atoms with E-state index in [1.54, 1.807) is 0 Å². The van der Waals surface area contributed by atoms with Crippen molar-refractivity contribution >= 4 is 39.5 Å². The van der Waals surface area contributed by atoms with Crippen LogP contribution in [0.25, 0.3) is 0 Å². The van der Waals surface area contributed by atoms with Crippen LogP contribution in [0.5, 0.6) is 0 Å². The van der Waals surface area contributed by atoms with Gasteiger partial charge in [-0.25, -0.2) is 9.13 Å². The number of phosphoric ester groups is 2. The van der Waals surface area contributed by atoms with Crippen molar-refractivity contribution in [1.82, 2.24) is 0 Å². The molecule has 17 nitrogen and oxygen atoms in total. The first kappa shape index (κ1) is 97.1. The second-order valence-corrected chi connectivity index (χ2v) is 33.1. The van der Waals surface area contributed by atoms with E-state index in [-0.39, 0.29) is 25.7 Å². The molecule has 0 radical (unpaired) electrons. The van der Waals surface area contributed by atoms with Crippen molar-refractivity contribution in [3.05, 3.63) is 0 Å². The van der Waals surface area contributed by atoms with Crippen molar-refractivity contribution in [2.24, 2.45) is 23.7 Å². The highest BCUT2D eigenvalue weighted by Gasteiger charge is 2.30. The van der Waals surface area contributed by atoms with Gasteiger partial charge in [-0.05, 0) is 49.4 Å². The Morgan fingerprint density at radius 3 is 0.717 bits per heavy atom. The van der Waals surface area contributed by atoms with Crippen LogP contribution in [0.15, 0.2) is 0 Å². The summed E-state index contributed by atoms with van der Waals surface area (Å²) in [6.07, 6.45) is 55.6. The number of ether oxygens (including phenoxy) is 4. The van der Waals surface area contributed by atoms with E-state index in [1.807, 2.05) is 0 Å². The molecule has 0 aromatic heterocycles. The standard InChI is InChI=1S/C80H156O17P2/c1-9-72(7)58-50-42-34-26-22-17-15-13-11-12-14-16-18-23-27-37-46-54-62-79(84)96-75(66-90-77(82)60-52-44-36-30-29-35-43-51-59-73(8)10-2)68-94-98(86,87)92-64-74(81)65-93-99(88,89)95-69-76(67-91-78(83)61-53-45-39-31-33-41-49-57-71(5)6)97-80(85)63-55-47-38-28-24-20-19-21-25-32-40-48-56-70(3)4/h70-76,81H,9-69H2,1-8H3,(H,86,87)(H,88,89)/t72?,73?,74?,75-,76-/m1/s1. The molecule has 0 aromatic carbocycles. The van der Waals surface area contributed by atoms with Gasteiger partial charge in [0.05, 0.1) is 26.4 Å². The van der Waals surface area contributed by atoms with Crippen molar-refractivity contribution in [3.8, 4) is 0 Å². The van der Waals surface area contributed by atoms with Gasteiger partial charge in [-0.2, -0.15) is 0 Å². The first-order valence-electron chi connectivity index (χ1n) is 41.3. The molecule has 0 aliphatic heterocycles. The normalized spacial score (nSPS) is 14.6. The highest BCUT2D eigenvalue weighted by Crippen LogP contribution is 2.45. The maximum absolute atomic E-state index is 13.1. The van der Waals surface area contributed by atoms with Gasteiger partial charge in [-0.15, -0.1) is 0 Å². The molecule has 0 spiro atoms. The number of phosphoric acid groups is 2. The summed E-state index contributed by atoms with van der Waals surface area (Å²) < 4.78 is 68.6. The topological polar surface area (TPSA) is 237 Å². The molecule has 0 aliphatic carbocycles. The van der Waals surface area contributed by atoms with Crippen LogP contribution in [-0.2, 0) is 65.4 Å². The summed E-state index contributed by atoms with van der Waals surface area (Å²) in [6.45, 7) is 14.3. The number of aliphatic hydroxyl groups excluding tert-OH is 1. The van der Waals surface area contributed by atoms with E-state index in [0.717, 1.165) is 114 Å². The lowest BCUT2D eigenvalue weighted by molar-refractivity contribution is -0.161. The Bertz CT molecular complexity index is 1940. The van der Waals surface area contributed by atoms with Gasteiger partial charge in [0.25, 0.3) is 0 Å². The van der Waals surface area contributed by atoms with Gasteiger partial charge in [0, 0.05) is 25.7 Å². The average Bonchev–Trinajstić information content (AvgIpc) is 1.59. The van der Waals surface area contributed by atoms with Crippen LogP contribution >= 0.6 is 15.6 Å². The van der Waals surface area contributed by atoms with Gasteiger partial charge < -0.3 is 33.8 Å². The van der Waals surface area contributed by atoms with Crippen LogP contribution in [0.1, 0.15) is 409 Å². The van der Waals surface area contributed by atoms with Gasteiger partial charge in [-0.1, -0.05) is 357 Å². The smallest absolute Gasteiger partial charge is 0.462 e. The zero-order valence-corrected chi connectivity index (χ0v) is 66.9. The highest BCUT2D eigenvalue weighted by molar-refractivity contribution is 7.47. The number of hydrogen-bond acceptors (Lipinski definition) is 15. The van der Waals surface area contributed by atoms with Crippen molar-refractivity contribution in [3.63, 3.8) is 0 Å². The van der Waals surface area contributed by atoms with E-state index >= 15 is 0 Å². The molecule has 99 heavy (non-hydrogen) atoms. The van der Waals surface area contributed by atoms with E-state index < -0.39 is 97.5 Å². The molecule has 0 rings (SSSR count). The Kier molecular flexibility index (Phi) is 67.8. The molecule has 588 valence electrons. The third kappa shape index (κ3) is 71.5. The first-order chi connectivity index (χ1) is 47.7. The predicted molar refractivity (Wildman–Crippen MR) is 404 cm³/mol. The van der Waals surface area contributed by atoms with Crippen LogP contribution in [0.3, 0.4) is 0 Å². The lowest BCUT2D eigenvalue weighted by atomic mass is 9.99. The number of rotatable bonds is 77. The van der Waals surface area contributed by atoms with Gasteiger partial charge >= 0.3 is 39.5 Å². The van der Waals surface area contributed by atoms with Crippen molar-refractivity contribution < 1.29 is 80.2 Å². The van der Waals surface area contributed by atoms with Gasteiger partial charge in [0.1, 0.15) is 19.3 Å². The number of carbonyl (C=O) groups excluding carboxylic acids is 4. The van der Waals surface area contributed by atoms with Gasteiger partial charge in [-0.3, -0.25) is 37.3 Å². The molecule has 0 aromatic rings. The Morgan fingerprint density at radius 2 is 0.485 bits per heavy atom. The Hall–Kier alpha value is -1.94. The molecular formula is C80H156O17P2. The highest BCUT2D eigenvalue weighted by atomic mass is 31.2. The third-order valence-electron chi connectivity index (χ3n) is 19.3. The van der Waals surface area contributed by atoms with E-state index in [1.165, 1.54) is 205 Å². The fraction of sp³-hybridized carbons (Fsp3) is 0.950. The predicted octanol–water partition coefficient (Wildman–Crippen LogP) is 23.6. The molecule has 3 N–H and O–H groups in total. The van der Waals surface area contributed by atoms with Crippen LogP contribution in [-0.4, -0.2) is 96.7 Å². The second-order valence-electron chi connectivity index (χ2n) is 30.2. The van der Waals surface area contributed by atoms with Crippen LogP contribution < -0.4 is 0 Å². The molecule has 0 heterocycles. The molecule has 0 saturated carbocycles. The molecule has 0 fully saturated rings. The van der Waals surface area contributed by atoms with E-state index in [2.05, 4.69) is 55.4 Å².